The molecule has 7 nitrogen and oxygen atoms in total. The number of methoxy groups -OCH3 is 1. The Morgan fingerprint density at radius 2 is 1.90 bits per heavy atom. The van der Waals surface area contributed by atoms with Crippen molar-refractivity contribution in [2.45, 2.75) is 38.1 Å². The Balaban J connectivity index is 1.25. The van der Waals surface area contributed by atoms with E-state index in [2.05, 4.69) is 5.32 Å². The molecule has 0 spiro atoms. The maximum absolute atomic E-state index is 12.8. The second-order valence-electron chi connectivity index (χ2n) is 8.41. The van der Waals surface area contributed by atoms with Gasteiger partial charge in [-0.25, -0.2) is 0 Å². The number of amides is 2. The summed E-state index contributed by atoms with van der Waals surface area (Å²) in [6.07, 6.45) is 2.09. The van der Waals surface area contributed by atoms with Crippen LogP contribution in [0.1, 0.15) is 36.4 Å². The molecule has 2 aliphatic heterocycles. The van der Waals surface area contributed by atoms with Gasteiger partial charge in [0.05, 0.1) is 7.11 Å². The largest absolute Gasteiger partial charge is 0.496 e. The number of carbonyl (C=O) groups is 2. The summed E-state index contributed by atoms with van der Waals surface area (Å²) in [4.78, 5) is 39.0. The molecule has 1 aromatic heterocycles. The number of aromatic nitrogens is 1. The monoisotopic (exact) mass is 423 g/mol. The van der Waals surface area contributed by atoms with Crippen LogP contribution in [0.3, 0.4) is 0 Å². The molecule has 1 unspecified atom stereocenters. The van der Waals surface area contributed by atoms with E-state index < -0.39 is 0 Å². The highest BCUT2D eigenvalue weighted by molar-refractivity contribution is 5.83. The SMILES string of the molecule is COc1ccccc1CCNC(=O)CCC(=O)N1CC2C[C@H](C1)Cn1c2cccc1=O. The molecule has 2 aliphatic rings. The van der Waals surface area contributed by atoms with Gasteiger partial charge < -0.3 is 19.5 Å². The summed E-state index contributed by atoms with van der Waals surface area (Å²) in [6.45, 7) is 2.45. The minimum absolute atomic E-state index is 0.0151. The van der Waals surface area contributed by atoms with Crippen molar-refractivity contribution in [2.24, 2.45) is 5.92 Å². The summed E-state index contributed by atoms with van der Waals surface area (Å²) < 4.78 is 7.18. The van der Waals surface area contributed by atoms with E-state index in [9.17, 15) is 14.4 Å². The van der Waals surface area contributed by atoms with E-state index in [0.717, 1.165) is 23.4 Å². The standard InChI is InChI=1S/C24H29N3O4/c1-31-21-7-3-2-5-18(21)11-12-25-22(28)9-10-23(29)26-14-17-13-19(16-26)20-6-4-8-24(30)27(20)15-17/h2-8,17,19H,9-16H2,1H3,(H,25,28)/t17-,19?/m1/s1. The van der Waals surface area contributed by atoms with Gasteiger partial charge in [-0.3, -0.25) is 14.4 Å². The van der Waals surface area contributed by atoms with Crippen molar-refractivity contribution in [3.8, 4) is 5.75 Å². The minimum atomic E-state index is -0.114. The quantitative estimate of drug-likeness (QED) is 0.738. The number of benzene rings is 1. The van der Waals surface area contributed by atoms with Crippen molar-refractivity contribution in [1.29, 1.82) is 0 Å². The second-order valence-corrected chi connectivity index (χ2v) is 8.41. The van der Waals surface area contributed by atoms with Gasteiger partial charge in [-0.2, -0.15) is 0 Å². The first kappa shape index (κ1) is 21.2. The predicted molar refractivity (Wildman–Crippen MR) is 117 cm³/mol. The molecule has 7 heteroatoms. The first-order valence-electron chi connectivity index (χ1n) is 10.9. The lowest BCUT2D eigenvalue weighted by molar-refractivity contribution is -0.136. The maximum Gasteiger partial charge on any atom is 0.250 e. The van der Waals surface area contributed by atoms with Crippen molar-refractivity contribution in [3.63, 3.8) is 0 Å². The maximum atomic E-state index is 12.8. The molecule has 164 valence electrons. The van der Waals surface area contributed by atoms with E-state index in [1.54, 1.807) is 19.2 Å². The third kappa shape index (κ3) is 4.81. The Morgan fingerprint density at radius 1 is 1.06 bits per heavy atom. The normalized spacial score (nSPS) is 19.5. The Kier molecular flexibility index (Phi) is 6.39. The van der Waals surface area contributed by atoms with Gasteiger partial charge in [0.2, 0.25) is 11.8 Å². The van der Waals surface area contributed by atoms with Gasteiger partial charge in [-0.15, -0.1) is 0 Å². The average molecular weight is 424 g/mol. The fraction of sp³-hybridized carbons (Fsp3) is 0.458. The number of piperidine rings is 1. The zero-order chi connectivity index (χ0) is 21.8. The summed E-state index contributed by atoms with van der Waals surface area (Å²) in [5.41, 5.74) is 2.10. The van der Waals surface area contributed by atoms with Crippen LogP contribution in [0, 0.1) is 5.92 Å². The van der Waals surface area contributed by atoms with E-state index in [-0.39, 0.29) is 36.1 Å². The average Bonchev–Trinajstić information content (AvgIpc) is 2.78. The van der Waals surface area contributed by atoms with Crippen LogP contribution in [0.25, 0.3) is 0 Å². The molecule has 0 aliphatic carbocycles. The van der Waals surface area contributed by atoms with E-state index in [1.807, 2.05) is 39.8 Å². The smallest absolute Gasteiger partial charge is 0.250 e. The molecule has 1 aromatic carbocycles. The van der Waals surface area contributed by atoms with E-state index >= 15 is 0 Å². The highest BCUT2D eigenvalue weighted by Gasteiger charge is 2.36. The van der Waals surface area contributed by atoms with Gasteiger partial charge in [0.15, 0.2) is 0 Å². The number of rotatable bonds is 7. The van der Waals surface area contributed by atoms with Gasteiger partial charge >= 0.3 is 0 Å². The Bertz CT molecular complexity index is 1020. The summed E-state index contributed by atoms with van der Waals surface area (Å²) in [6, 6.07) is 13.1. The van der Waals surface area contributed by atoms with Crippen molar-refractivity contribution in [1.82, 2.24) is 14.8 Å². The molecule has 3 heterocycles. The third-order valence-corrected chi connectivity index (χ3v) is 6.31. The highest BCUT2D eigenvalue weighted by Crippen LogP contribution is 2.35. The minimum Gasteiger partial charge on any atom is -0.496 e. The molecule has 4 rings (SSSR count). The van der Waals surface area contributed by atoms with Crippen LogP contribution >= 0.6 is 0 Å². The fourth-order valence-electron chi connectivity index (χ4n) is 4.81. The van der Waals surface area contributed by atoms with E-state index in [0.29, 0.717) is 38.5 Å². The van der Waals surface area contributed by atoms with Gasteiger partial charge in [0.1, 0.15) is 5.75 Å². The fourth-order valence-corrected chi connectivity index (χ4v) is 4.81. The number of para-hydroxylation sites is 1. The molecule has 31 heavy (non-hydrogen) atoms. The number of likely N-dealkylation sites (tertiary alicyclic amines) is 1. The van der Waals surface area contributed by atoms with Crippen molar-refractivity contribution in [3.05, 3.63) is 64.1 Å². The van der Waals surface area contributed by atoms with Crippen LogP contribution in [0.4, 0.5) is 0 Å². The van der Waals surface area contributed by atoms with Crippen LogP contribution < -0.4 is 15.6 Å². The first-order chi connectivity index (χ1) is 15.0. The van der Waals surface area contributed by atoms with Gasteiger partial charge in [0, 0.05) is 56.7 Å². The molecule has 2 bridgehead atoms. The summed E-state index contributed by atoms with van der Waals surface area (Å²) >= 11 is 0. The van der Waals surface area contributed by atoms with Gasteiger partial charge in [-0.05, 0) is 36.5 Å². The van der Waals surface area contributed by atoms with Gasteiger partial charge in [-0.1, -0.05) is 24.3 Å². The molecular formula is C24H29N3O4. The van der Waals surface area contributed by atoms with Crippen LogP contribution in [0.2, 0.25) is 0 Å². The number of hydrogen-bond donors (Lipinski definition) is 1. The number of nitrogens with zero attached hydrogens (tertiary/aromatic N) is 2. The Hall–Kier alpha value is -3.09. The molecule has 2 amide bonds. The zero-order valence-electron chi connectivity index (χ0n) is 17.9. The number of hydrogen-bond acceptors (Lipinski definition) is 4. The topological polar surface area (TPSA) is 80.6 Å². The molecule has 1 N–H and O–H groups in total. The molecule has 2 atom stereocenters. The zero-order valence-corrected chi connectivity index (χ0v) is 17.9. The predicted octanol–water partition coefficient (Wildman–Crippen LogP) is 1.94. The number of carbonyl (C=O) groups excluding carboxylic acids is 2. The number of ether oxygens (including phenoxy) is 1. The van der Waals surface area contributed by atoms with Crippen LogP contribution in [0.5, 0.6) is 5.75 Å². The number of pyridine rings is 1. The van der Waals surface area contributed by atoms with Crippen molar-refractivity contribution >= 4 is 11.8 Å². The second kappa shape index (κ2) is 9.37. The lowest BCUT2D eigenvalue weighted by Crippen LogP contribution is -2.49. The lowest BCUT2D eigenvalue weighted by atomic mass is 9.83. The molecule has 0 saturated carbocycles. The number of fused-ring (bicyclic) bond motifs is 4. The van der Waals surface area contributed by atoms with E-state index in [1.165, 1.54) is 0 Å². The van der Waals surface area contributed by atoms with Crippen LogP contribution in [0.15, 0.2) is 47.3 Å². The summed E-state index contributed by atoms with van der Waals surface area (Å²) in [5.74, 6) is 1.20. The van der Waals surface area contributed by atoms with E-state index in [4.69, 9.17) is 4.74 Å². The van der Waals surface area contributed by atoms with Crippen LogP contribution in [-0.4, -0.2) is 48.0 Å². The summed E-state index contributed by atoms with van der Waals surface area (Å²) in [7, 11) is 1.63. The van der Waals surface area contributed by atoms with Crippen molar-refractivity contribution in [2.75, 3.05) is 26.7 Å². The molecule has 2 aromatic rings. The van der Waals surface area contributed by atoms with Gasteiger partial charge in [0.25, 0.3) is 5.56 Å². The van der Waals surface area contributed by atoms with Crippen molar-refractivity contribution < 1.29 is 14.3 Å². The number of nitrogens with one attached hydrogen (secondary N) is 1. The van der Waals surface area contributed by atoms with Crippen LogP contribution in [-0.2, 0) is 22.6 Å². The third-order valence-electron chi connectivity index (χ3n) is 6.31. The Labute approximate surface area is 182 Å². The first-order valence-corrected chi connectivity index (χ1v) is 10.9. The molecule has 0 radical (unpaired) electrons. The highest BCUT2D eigenvalue weighted by atomic mass is 16.5. The molecule has 1 saturated heterocycles. The lowest BCUT2D eigenvalue weighted by Gasteiger charge is -2.42. The molecular weight excluding hydrogens is 394 g/mol. The summed E-state index contributed by atoms with van der Waals surface area (Å²) in [5, 5.41) is 2.90. The Morgan fingerprint density at radius 3 is 2.74 bits per heavy atom. The molecule has 1 fully saturated rings.